The molecule has 1 radical (unpaired) electrons. The largest absolute Gasteiger partial charge is 0.275 e. The van der Waals surface area contributed by atoms with E-state index in [1.165, 1.54) is 10.9 Å². The van der Waals surface area contributed by atoms with E-state index in [0.717, 1.165) is 0 Å². The number of hydrogen-bond acceptors (Lipinski definition) is 1. The molecule has 0 aliphatic carbocycles. The lowest BCUT2D eigenvalue weighted by Crippen LogP contribution is -1.84. The molecule has 0 saturated heterocycles. The number of hydrogen-bond donors (Lipinski definition) is 0. The van der Waals surface area contributed by atoms with Crippen LogP contribution in [0.5, 0.6) is 0 Å². The Kier molecular flexibility index (Phi) is 1.46. The van der Waals surface area contributed by atoms with Crippen LogP contribution in [0.25, 0.3) is 0 Å². The van der Waals surface area contributed by atoms with E-state index in [1.54, 1.807) is 7.05 Å². The van der Waals surface area contributed by atoms with Crippen molar-refractivity contribution < 1.29 is 8.78 Å². The molecule has 0 spiro atoms. The molecule has 0 atom stereocenters. The first-order valence-electron chi connectivity index (χ1n) is 2.39. The Morgan fingerprint density at radius 3 is 2.67 bits per heavy atom. The highest BCUT2D eigenvalue weighted by molar-refractivity contribution is 5.02. The van der Waals surface area contributed by atoms with Crippen molar-refractivity contribution in [2.45, 2.75) is 6.43 Å². The molecule has 0 fully saturated rings. The van der Waals surface area contributed by atoms with E-state index >= 15 is 0 Å². The number of aromatic nitrogens is 2. The van der Waals surface area contributed by atoms with Gasteiger partial charge in [0.2, 0.25) is 0 Å². The van der Waals surface area contributed by atoms with E-state index in [4.69, 9.17) is 0 Å². The van der Waals surface area contributed by atoms with Gasteiger partial charge in [0.05, 0.1) is 5.56 Å². The van der Waals surface area contributed by atoms with Gasteiger partial charge >= 0.3 is 0 Å². The van der Waals surface area contributed by atoms with Crippen LogP contribution in [0.15, 0.2) is 6.20 Å². The molecule has 0 aliphatic rings. The zero-order valence-electron chi connectivity index (χ0n) is 4.81. The fourth-order valence-corrected chi connectivity index (χ4v) is 0.501. The Morgan fingerprint density at radius 2 is 2.44 bits per heavy atom. The lowest BCUT2D eigenvalue weighted by Gasteiger charge is -1.87. The molecule has 1 aromatic rings. The van der Waals surface area contributed by atoms with Crippen LogP contribution in [0, 0.1) is 6.20 Å². The fourth-order valence-electron chi connectivity index (χ4n) is 0.501. The molecule has 0 aliphatic heterocycles. The minimum absolute atomic E-state index is 0.155. The molecule has 0 amide bonds. The summed E-state index contributed by atoms with van der Waals surface area (Å²) in [7, 11) is 1.57. The van der Waals surface area contributed by atoms with Crippen LogP contribution >= 0.6 is 0 Å². The predicted molar refractivity (Wildman–Crippen MR) is 27.0 cm³/mol. The SMILES string of the molecule is Cn1cc(C(F)F)[c]n1. The van der Waals surface area contributed by atoms with Crippen molar-refractivity contribution in [3.63, 3.8) is 0 Å². The van der Waals surface area contributed by atoms with Gasteiger partial charge in [0.1, 0.15) is 6.20 Å². The summed E-state index contributed by atoms with van der Waals surface area (Å²) >= 11 is 0. The summed E-state index contributed by atoms with van der Waals surface area (Å²) in [5.74, 6) is 0. The molecule has 0 unspecified atom stereocenters. The molecule has 49 valence electrons. The topological polar surface area (TPSA) is 17.8 Å². The molecule has 9 heavy (non-hydrogen) atoms. The van der Waals surface area contributed by atoms with Gasteiger partial charge in [-0.15, -0.1) is 0 Å². The van der Waals surface area contributed by atoms with Crippen molar-refractivity contribution in [1.29, 1.82) is 0 Å². The predicted octanol–water partition coefficient (Wildman–Crippen LogP) is 1.16. The second-order valence-corrected chi connectivity index (χ2v) is 1.67. The summed E-state index contributed by atoms with van der Waals surface area (Å²) in [6.07, 6.45) is 0.949. The van der Waals surface area contributed by atoms with Gasteiger partial charge in [0.15, 0.2) is 0 Å². The molecule has 1 heterocycles. The summed E-state index contributed by atoms with van der Waals surface area (Å²) in [6, 6.07) is 0. The van der Waals surface area contributed by atoms with Crippen molar-refractivity contribution in [1.82, 2.24) is 9.78 Å². The summed E-state index contributed by atoms with van der Waals surface area (Å²) in [6.45, 7) is 0. The number of rotatable bonds is 1. The van der Waals surface area contributed by atoms with Gasteiger partial charge in [-0.1, -0.05) is 0 Å². The maximum atomic E-state index is 11.7. The first-order valence-corrected chi connectivity index (χ1v) is 2.39. The van der Waals surface area contributed by atoms with Crippen molar-refractivity contribution >= 4 is 0 Å². The lowest BCUT2D eigenvalue weighted by molar-refractivity contribution is 0.151. The van der Waals surface area contributed by atoms with Crippen molar-refractivity contribution in [3.8, 4) is 0 Å². The molecule has 1 aromatic heterocycles. The van der Waals surface area contributed by atoms with Gasteiger partial charge in [0, 0.05) is 13.2 Å². The molecule has 2 nitrogen and oxygen atoms in total. The minimum atomic E-state index is -2.46. The highest BCUT2D eigenvalue weighted by Crippen LogP contribution is 2.15. The Labute approximate surface area is 51.1 Å². The van der Waals surface area contributed by atoms with Gasteiger partial charge in [-0.2, -0.15) is 5.10 Å². The van der Waals surface area contributed by atoms with Crippen molar-refractivity contribution in [2.75, 3.05) is 0 Å². The quantitative estimate of drug-likeness (QED) is 0.559. The molecule has 4 heteroatoms. The summed E-state index contributed by atoms with van der Waals surface area (Å²) in [5, 5.41) is 3.45. The Balaban J connectivity index is 2.85. The number of alkyl halides is 2. The number of aryl methyl sites for hydroxylation is 1. The monoisotopic (exact) mass is 131 g/mol. The van der Waals surface area contributed by atoms with Gasteiger partial charge in [-0.05, 0) is 0 Å². The third kappa shape index (κ3) is 1.25. The normalized spacial score (nSPS) is 10.7. The zero-order valence-corrected chi connectivity index (χ0v) is 4.81. The highest BCUT2D eigenvalue weighted by atomic mass is 19.3. The first kappa shape index (κ1) is 6.19. The Bertz CT molecular complexity index is 195. The van der Waals surface area contributed by atoms with E-state index < -0.39 is 6.43 Å². The molecule has 0 aromatic carbocycles. The third-order valence-electron chi connectivity index (χ3n) is 0.898. The van der Waals surface area contributed by atoms with Crippen LogP contribution in [0.1, 0.15) is 12.0 Å². The van der Waals surface area contributed by atoms with E-state index in [2.05, 4.69) is 11.3 Å². The summed E-state index contributed by atoms with van der Waals surface area (Å²) in [4.78, 5) is 0. The van der Waals surface area contributed by atoms with Crippen LogP contribution in [0.4, 0.5) is 8.78 Å². The maximum Gasteiger partial charge on any atom is 0.267 e. The van der Waals surface area contributed by atoms with Gasteiger partial charge in [-0.25, -0.2) is 8.78 Å². The van der Waals surface area contributed by atoms with Crippen LogP contribution in [0.3, 0.4) is 0 Å². The Hall–Kier alpha value is -0.930. The second kappa shape index (κ2) is 2.13. The first-order chi connectivity index (χ1) is 4.20. The molecular formula is C5H5F2N2. The molecular weight excluding hydrogens is 126 g/mol. The average molecular weight is 131 g/mol. The molecule has 0 N–H and O–H groups in total. The second-order valence-electron chi connectivity index (χ2n) is 1.67. The van der Waals surface area contributed by atoms with Crippen LogP contribution in [0.2, 0.25) is 0 Å². The molecule has 0 bridgehead atoms. The standard InChI is InChI=1S/C5H5F2N2/c1-9-3-4(2-8-9)5(6)7/h3,5H,1H3. The van der Waals surface area contributed by atoms with E-state index in [-0.39, 0.29) is 5.56 Å². The van der Waals surface area contributed by atoms with Gasteiger partial charge in [-0.3, -0.25) is 4.68 Å². The van der Waals surface area contributed by atoms with Crippen molar-refractivity contribution in [3.05, 3.63) is 18.0 Å². The fraction of sp³-hybridized carbons (Fsp3) is 0.400. The van der Waals surface area contributed by atoms with E-state index in [1.807, 2.05) is 0 Å². The smallest absolute Gasteiger partial charge is 0.267 e. The van der Waals surface area contributed by atoms with Gasteiger partial charge in [0.25, 0.3) is 6.43 Å². The van der Waals surface area contributed by atoms with Crippen LogP contribution in [-0.2, 0) is 7.05 Å². The third-order valence-corrected chi connectivity index (χ3v) is 0.898. The number of halogens is 2. The van der Waals surface area contributed by atoms with Crippen LogP contribution in [-0.4, -0.2) is 9.78 Å². The summed E-state index contributed by atoms with van der Waals surface area (Å²) < 4.78 is 24.7. The van der Waals surface area contributed by atoms with Crippen molar-refractivity contribution in [2.24, 2.45) is 7.05 Å². The zero-order chi connectivity index (χ0) is 6.85. The van der Waals surface area contributed by atoms with Gasteiger partial charge < -0.3 is 0 Å². The lowest BCUT2D eigenvalue weighted by atomic mass is 10.4. The minimum Gasteiger partial charge on any atom is -0.275 e. The highest BCUT2D eigenvalue weighted by Gasteiger charge is 2.07. The molecule has 0 saturated carbocycles. The van der Waals surface area contributed by atoms with Crippen LogP contribution < -0.4 is 0 Å². The summed E-state index contributed by atoms with van der Waals surface area (Å²) in [5.41, 5.74) is -0.155. The molecule has 1 rings (SSSR count). The average Bonchev–Trinajstić information content (AvgIpc) is 2.14. The van der Waals surface area contributed by atoms with E-state index in [0.29, 0.717) is 0 Å². The van der Waals surface area contributed by atoms with E-state index in [9.17, 15) is 8.78 Å². The maximum absolute atomic E-state index is 11.7. The Morgan fingerprint density at radius 1 is 1.78 bits per heavy atom. The number of nitrogens with zero attached hydrogens (tertiary/aromatic N) is 2.